The van der Waals surface area contributed by atoms with Gasteiger partial charge in [-0.3, -0.25) is 14.2 Å². The molecule has 2 bridgehead atoms. The van der Waals surface area contributed by atoms with E-state index in [1.54, 1.807) is 6.07 Å². The van der Waals surface area contributed by atoms with Crippen LogP contribution in [0.3, 0.4) is 0 Å². The lowest BCUT2D eigenvalue weighted by molar-refractivity contribution is -0.438. The van der Waals surface area contributed by atoms with E-state index in [1.165, 1.54) is 23.9 Å². The summed E-state index contributed by atoms with van der Waals surface area (Å²) in [5.41, 5.74) is 6.44. The number of rotatable bonds is 23. The summed E-state index contributed by atoms with van der Waals surface area (Å²) in [6.45, 7) is 9.45. The van der Waals surface area contributed by atoms with Crippen molar-refractivity contribution in [2.75, 3.05) is 42.3 Å². The average Bonchev–Trinajstić information content (AvgIpc) is 3.74. The van der Waals surface area contributed by atoms with Crippen LogP contribution in [0.5, 0.6) is 0 Å². The minimum Gasteiger partial charge on any atom is -0.481 e. The number of carbonyl (C=O) groups is 1. The summed E-state index contributed by atoms with van der Waals surface area (Å²) in [6, 6.07) is 10.6. The minimum absolute atomic E-state index is 0.0259. The zero-order valence-corrected chi connectivity index (χ0v) is 39.4. The van der Waals surface area contributed by atoms with Crippen molar-refractivity contribution >= 4 is 81.1 Å². The van der Waals surface area contributed by atoms with Crippen LogP contribution >= 0.6 is 47.9 Å². The Balaban J connectivity index is 1.46. The van der Waals surface area contributed by atoms with E-state index >= 15 is 0 Å². The molecular formula is C41H52N3O14S5+. The Kier molecular flexibility index (Phi) is 17.1. The molecule has 6 rings (SSSR count). The molecule has 2 aromatic carbocycles. The SMILES string of the molecule is CN1C2CCC1C(C=CC1=[N+](CCCSOOO)c3ccc(SOOO)cc3C1(C)C)=C(SCCC(=O)O)C2=CC=C1N(CCCSOOO)c2ccc(S(=O)(=O)O)cc2C1(C)C. The summed E-state index contributed by atoms with van der Waals surface area (Å²) in [6.07, 6.45) is 11.6. The molecule has 5 N–H and O–H groups in total. The highest BCUT2D eigenvalue weighted by Crippen LogP contribution is 2.51. The monoisotopic (exact) mass is 970 g/mol. The summed E-state index contributed by atoms with van der Waals surface area (Å²) in [4.78, 5) is 17.9. The van der Waals surface area contributed by atoms with Gasteiger partial charge in [0, 0.05) is 111 Å². The maximum atomic E-state index is 12.3. The van der Waals surface area contributed by atoms with Gasteiger partial charge in [-0.15, -0.1) is 24.8 Å². The van der Waals surface area contributed by atoms with Crippen LogP contribution in [0.15, 0.2) is 92.2 Å². The molecule has 63 heavy (non-hydrogen) atoms. The number of benzene rings is 2. The molecule has 2 unspecified atom stereocenters. The molecule has 1 fully saturated rings. The Hall–Kier alpha value is -2.75. The fourth-order valence-corrected chi connectivity index (χ4v) is 11.9. The number of thioether (sulfide) groups is 1. The normalized spacial score (nSPS) is 21.8. The molecule has 1 saturated heterocycles. The number of nitrogens with zero attached hydrogens (tertiary/aromatic N) is 3. The molecule has 0 aromatic heterocycles. The van der Waals surface area contributed by atoms with Crippen molar-refractivity contribution in [3.8, 4) is 0 Å². The van der Waals surface area contributed by atoms with E-state index in [2.05, 4.69) is 83.4 Å². The Morgan fingerprint density at radius 3 is 2.25 bits per heavy atom. The van der Waals surface area contributed by atoms with Crippen molar-refractivity contribution in [2.24, 2.45) is 0 Å². The molecule has 0 amide bonds. The Bertz CT molecular complexity index is 2280. The quantitative estimate of drug-likeness (QED) is 0.0176. The standard InChI is InChI=1S/C41H51N3O14S5/c1-40(2)30-24-26(62-58-55-49)8-12-34(30)43(19-6-21-60-56-53-47)36(40)16-10-28-32-14-15-33(42(32)5)29(39(28)59-23-18-38(45)46)11-17-37-41(3,4)31-25-27(63(50,51)52)9-13-35(31)44(37)20-7-22-61-57-54-48/h8-13,16-17,24-25,32-33H,6-7,14-15,18-23H2,1-5H3,(H4-,45,46,47,48,49,50,51,52)/p+1. The van der Waals surface area contributed by atoms with Crippen LogP contribution in [-0.4, -0.2) is 104 Å². The van der Waals surface area contributed by atoms with Gasteiger partial charge in [0.15, 0.2) is 5.71 Å². The predicted molar refractivity (Wildman–Crippen MR) is 242 cm³/mol. The third kappa shape index (κ3) is 11.1. The minimum atomic E-state index is -4.47. The molecule has 17 nitrogen and oxygen atoms in total. The Morgan fingerprint density at radius 1 is 0.873 bits per heavy atom. The van der Waals surface area contributed by atoms with Gasteiger partial charge >= 0.3 is 5.97 Å². The summed E-state index contributed by atoms with van der Waals surface area (Å²) < 4.78 is 50.7. The van der Waals surface area contributed by atoms with Gasteiger partial charge in [-0.25, -0.2) is 15.8 Å². The average molecular weight is 971 g/mol. The second-order valence-corrected chi connectivity index (χ2v) is 21.1. The Labute approximate surface area is 383 Å². The molecule has 2 aromatic rings. The topological polar surface area (TPSA) is 217 Å². The van der Waals surface area contributed by atoms with Crippen LogP contribution in [0, 0.1) is 0 Å². The van der Waals surface area contributed by atoms with Gasteiger partial charge in [0.25, 0.3) is 10.1 Å². The zero-order valence-electron chi connectivity index (χ0n) is 35.3. The molecule has 22 heteroatoms. The van der Waals surface area contributed by atoms with Crippen molar-refractivity contribution in [2.45, 2.75) is 92.5 Å². The number of fused-ring (bicyclic) bond motifs is 4. The van der Waals surface area contributed by atoms with Crippen molar-refractivity contribution < 1.29 is 71.3 Å². The van der Waals surface area contributed by atoms with Gasteiger partial charge in [-0.2, -0.15) is 13.0 Å². The van der Waals surface area contributed by atoms with Crippen LogP contribution in [0.4, 0.5) is 11.4 Å². The molecule has 4 heterocycles. The number of hydrogen-bond acceptors (Lipinski definition) is 18. The predicted octanol–water partition coefficient (Wildman–Crippen LogP) is 8.76. The van der Waals surface area contributed by atoms with E-state index in [9.17, 15) is 22.9 Å². The summed E-state index contributed by atoms with van der Waals surface area (Å²) in [5.74, 6) is 0.496. The molecule has 0 radical (unpaired) electrons. The van der Waals surface area contributed by atoms with Gasteiger partial charge in [0.1, 0.15) is 6.54 Å². The van der Waals surface area contributed by atoms with Gasteiger partial charge in [-0.05, 0) is 93.3 Å². The molecule has 4 aliphatic rings. The highest BCUT2D eigenvalue weighted by Gasteiger charge is 2.46. The van der Waals surface area contributed by atoms with Crippen molar-refractivity contribution in [3.05, 3.63) is 93.6 Å². The summed E-state index contributed by atoms with van der Waals surface area (Å²) in [5, 5.41) is 47.2. The maximum Gasteiger partial charge on any atom is 0.304 e. The van der Waals surface area contributed by atoms with E-state index in [0.717, 1.165) is 104 Å². The number of carboxylic acids is 1. The van der Waals surface area contributed by atoms with E-state index in [1.807, 2.05) is 32.0 Å². The first-order valence-electron chi connectivity index (χ1n) is 20.0. The van der Waals surface area contributed by atoms with E-state index < -0.39 is 26.9 Å². The highest BCUT2D eigenvalue weighted by atomic mass is 32.2. The maximum absolute atomic E-state index is 12.3. The zero-order chi connectivity index (χ0) is 45.5. The van der Waals surface area contributed by atoms with Crippen molar-refractivity contribution in [3.63, 3.8) is 0 Å². The van der Waals surface area contributed by atoms with Crippen LogP contribution in [-0.2, 0) is 53.9 Å². The molecule has 344 valence electrons. The number of likely N-dealkylation sites (N-methyl/N-ethyl adjacent to an activating group) is 1. The lowest BCUT2D eigenvalue weighted by atomic mass is 9.81. The second kappa shape index (κ2) is 21.7. The van der Waals surface area contributed by atoms with Crippen LogP contribution < -0.4 is 4.90 Å². The van der Waals surface area contributed by atoms with E-state index in [4.69, 9.17) is 20.1 Å². The smallest absolute Gasteiger partial charge is 0.304 e. The fraction of sp³-hybridized carbons (Fsp3) is 0.463. The third-order valence-electron chi connectivity index (χ3n) is 11.9. The van der Waals surface area contributed by atoms with Gasteiger partial charge in [0.2, 0.25) is 5.69 Å². The lowest BCUT2D eigenvalue weighted by Gasteiger charge is -2.36. The number of carboxylic acid groups (broad SMARTS) is 1. The van der Waals surface area contributed by atoms with Gasteiger partial charge < -0.3 is 10.0 Å². The van der Waals surface area contributed by atoms with Gasteiger partial charge in [-0.1, -0.05) is 41.1 Å². The van der Waals surface area contributed by atoms with Crippen molar-refractivity contribution in [1.29, 1.82) is 0 Å². The van der Waals surface area contributed by atoms with Crippen LogP contribution in [0.1, 0.15) is 70.9 Å². The van der Waals surface area contributed by atoms with Crippen molar-refractivity contribution in [1.82, 2.24) is 4.90 Å². The lowest BCUT2D eigenvalue weighted by Crippen LogP contribution is -2.39. The first-order valence-corrected chi connectivity index (χ1v) is 25.0. The van der Waals surface area contributed by atoms with Crippen LogP contribution in [0.25, 0.3) is 0 Å². The fourth-order valence-electron chi connectivity index (χ4n) is 9.01. The molecule has 0 spiro atoms. The Morgan fingerprint density at radius 2 is 1.57 bits per heavy atom. The van der Waals surface area contributed by atoms with Gasteiger partial charge in [0.05, 0.1) is 28.8 Å². The van der Waals surface area contributed by atoms with Crippen LogP contribution in [0.2, 0.25) is 0 Å². The third-order valence-corrected chi connectivity index (χ3v) is 15.7. The van der Waals surface area contributed by atoms with E-state index in [0.29, 0.717) is 43.2 Å². The number of aliphatic carboxylic acids is 1. The number of hydrogen-bond donors (Lipinski definition) is 5. The molecular weight excluding hydrogens is 919 g/mol. The number of allylic oxidation sites excluding steroid dienone is 4. The first kappa shape index (κ1) is 49.7. The molecule has 0 saturated carbocycles. The molecule has 0 aliphatic carbocycles. The molecule has 2 atom stereocenters. The molecule has 4 aliphatic heterocycles. The largest absolute Gasteiger partial charge is 0.481 e. The highest BCUT2D eigenvalue weighted by molar-refractivity contribution is 8.03. The summed E-state index contributed by atoms with van der Waals surface area (Å²) in [7, 11) is -2.35. The van der Waals surface area contributed by atoms with E-state index in [-0.39, 0.29) is 23.4 Å². The second-order valence-electron chi connectivity index (χ2n) is 16.2. The number of anilines is 1. The first-order chi connectivity index (χ1) is 30.1. The summed E-state index contributed by atoms with van der Waals surface area (Å²) >= 11 is 4.37.